The van der Waals surface area contributed by atoms with Gasteiger partial charge in [0.15, 0.2) is 0 Å². The van der Waals surface area contributed by atoms with Crippen molar-refractivity contribution in [1.29, 1.82) is 5.26 Å². The van der Waals surface area contributed by atoms with Crippen LogP contribution in [0.3, 0.4) is 0 Å². The number of likely N-dealkylation sites (tertiary alicyclic amines) is 1. The number of anilines is 1. The van der Waals surface area contributed by atoms with Gasteiger partial charge >= 0.3 is 0 Å². The van der Waals surface area contributed by atoms with Crippen LogP contribution >= 0.6 is 0 Å². The summed E-state index contributed by atoms with van der Waals surface area (Å²) in [5, 5.41) is 12.5. The minimum Gasteiger partial charge on any atom is -0.494 e. The van der Waals surface area contributed by atoms with Gasteiger partial charge in [0.2, 0.25) is 5.82 Å². The molecule has 42 heavy (non-hydrogen) atoms. The molecule has 1 aliphatic heterocycles. The van der Waals surface area contributed by atoms with Gasteiger partial charge in [-0.1, -0.05) is 54.6 Å². The second-order valence-corrected chi connectivity index (χ2v) is 10.4. The number of hydrogen-bond donors (Lipinski definition) is 1. The molecule has 0 amide bonds. The van der Waals surface area contributed by atoms with E-state index in [4.69, 9.17) is 15.0 Å². The molecule has 1 aliphatic rings. The van der Waals surface area contributed by atoms with Gasteiger partial charge in [-0.25, -0.2) is 15.0 Å². The van der Waals surface area contributed by atoms with Crippen molar-refractivity contribution in [2.24, 2.45) is 7.05 Å². The zero-order chi connectivity index (χ0) is 28.9. The third-order valence-electron chi connectivity index (χ3n) is 7.72. The molecule has 9 heteroatoms. The van der Waals surface area contributed by atoms with Gasteiger partial charge in [-0.15, -0.1) is 0 Å². The first-order valence-corrected chi connectivity index (χ1v) is 14.0. The first-order chi connectivity index (χ1) is 20.6. The van der Waals surface area contributed by atoms with Crippen molar-refractivity contribution in [3.05, 3.63) is 96.7 Å². The average molecular weight is 557 g/mol. The highest BCUT2D eigenvalue weighted by molar-refractivity contribution is 5.83. The van der Waals surface area contributed by atoms with E-state index in [2.05, 4.69) is 78.3 Å². The van der Waals surface area contributed by atoms with Gasteiger partial charge in [0.25, 0.3) is 0 Å². The summed E-state index contributed by atoms with van der Waals surface area (Å²) < 4.78 is 7.74. The van der Waals surface area contributed by atoms with Crippen molar-refractivity contribution >= 4 is 5.82 Å². The highest BCUT2D eigenvalue weighted by atomic mass is 16.5. The minimum atomic E-state index is 0.191. The maximum atomic E-state index is 9.05. The molecule has 1 fully saturated rings. The van der Waals surface area contributed by atoms with E-state index < -0.39 is 0 Å². The predicted octanol–water partition coefficient (Wildman–Crippen LogP) is 5.56. The van der Waals surface area contributed by atoms with E-state index in [1.807, 2.05) is 31.3 Å². The normalized spacial score (nSPS) is 13.9. The van der Waals surface area contributed by atoms with E-state index in [1.54, 1.807) is 25.7 Å². The lowest BCUT2D eigenvalue weighted by Gasteiger charge is -2.32. The quantitative estimate of drug-likeness (QED) is 0.265. The largest absolute Gasteiger partial charge is 0.494 e. The minimum absolute atomic E-state index is 0.191. The van der Waals surface area contributed by atoms with Crippen LogP contribution in [0.4, 0.5) is 5.82 Å². The molecule has 2 aromatic carbocycles. The molecular weight excluding hydrogens is 524 g/mol. The number of aromatic nitrogens is 5. The third-order valence-corrected chi connectivity index (χ3v) is 7.72. The Morgan fingerprint density at radius 3 is 2.48 bits per heavy atom. The molecule has 1 N–H and O–H groups in total. The standard InChI is InChI=1S/C33H32N8O/c1-40-32(25-6-4-3-5-7-25)31(39-33(40)27-12-16-35-21-28(27)42-2)24-10-8-23(9-11-24)22-41-18-14-26(15-19-41)37-29-13-17-36-30(20-34)38-29/h3-13,16-17,21,26H,14-15,18-19,22H2,1-2H3,(H,36,37,38). The smallest absolute Gasteiger partial charge is 0.234 e. The summed E-state index contributed by atoms with van der Waals surface area (Å²) in [5.74, 6) is 2.42. The van der Waals surface area contributed by atoms with Crippen LogP contribution in [0.1, 0.15) is 24.2 Å². The molecule has 0 radical (unpaired) electrons. The summed E-state index contributed by atoms with van der Waals surface area (Å²) in [6.45, 7) is 2.88. The first kappa shape index (κ1) is 27.1. The SMILES string of the molecule is COc1cnccc1-c1nc(-c2ccc(CN3CCC(Nc4ccnc(C#N)n4)CC3)cc2)c(-c2ccccc2)n1C. The Morgan fingerprint density at radius 1 is 0.952 bits per heavy atom. The summed E-state index contributed by atoms with van der Waals surface area (Å²) in [7, 11) is 3.71. The summed E-state index contributed by atoms with van der Waals surface area (Å²) in [6.07, 6.45) is 7.14. The number of methoxy groups -OCH3 is 1. The predicted molar refractivity (Wildman–Crippen MR) is 163 cm³/mol. The van der Waals surface area contributed by atoms with Crippen LogP contribution in [0.5, 0.6) is 5.75 Å². The fraction of sp³-hybridized carbons (Fsp3) is 0.242. The number of pyridine rings is 1. The van der Waals surface area contributed by atoms with Gasteiger partial charge in [0.1, 0.15) is 23.5 Å². The zero-order valence-corrected chi connectivity index (χ0v) is 23.7. The van der Waals surface area contributed by atoms with Crippen molar-refractivity contribution in [3.63, 3.8) is 0 Å². The monoisotopic (exact) mass is 556 g/mol. The summed E-state index contributed by atoms with van der Waals surface area (Å²) in [4.78, 5) is 20.0. The van der Waals surface area contributed by atoms with Crippen molar-refractivity contribution in [1.82, 2.24) is 29.4 Å². The van der Waals surface area contributed by atoms with Crippen LogP contribution in [0.15, 0.2) is 85.3 Å². The molecule has 0 bridgehead atoms. The number of imidazole rings is 1. The summed E-state index contributed by atoms with van der Waals surface area (Å²) in [6, 6.07) is 25.2. The number of nitriles is 1. The molecule has 9 nitrogen and oxygen atoms in total. The topological polar surface area (TPSA) is 105 Å². The van der Waals surface area contributed by atoms with E-state index in [0.29, 0.717) is 17.6 Å². The number of ether oxygens (including phenoxy) is 1. The Balaban J connectivity index is 1.19. The molecular formula is C33H32N8O. The molecule has 5 aromatic rings. The van der Waals surface area contributed by atoms with Crippen LogP contribution in [-0.4, -0.2) is 55.6 Å². The Bertz CT molecular complexity index is 1700. The highest BCUT2D eigenvalue weighted by Gasteiger charge is 2.22. The Hall–Kier alpha value is -5.07. The molecule has 0 saturated carbocycles. The van der Waals surface area contributed by atoms with E-state index in [9.17, 15) is 0 Å². The third kappa shape index (κ3) is 5.71. The number of nitrogens with zero attached hydrogens (tertiary/aromatic N) is 7. The molecule has 6 rings (SSSR count). The van der Waals surface area contributed by atoms with Gasteiger partial charge in [0.05, 0.1) is 30.3 Å². The maximum Gasteiger partial charge on any atom is 0.234 e. The number of nitrogens with one attached hydrogen (secondary N) is 1. The van der Waals surface area contributed by atoms with Crippen LogP contribution in [0.25, 0.3) is 33.9 Å². The lowest BCUT2D eigenvalue weighted by atomic mass is 10.0. The van der Waals surface area contributed by atoms with E-state index in [1.165, 1.54) is 5.56 Å². The lowest BCUT2D eigenvalue weighted by Crippen LogP contribution is -2.38. The molecule has 0 unspecified atom stereocenters. The second kappa shape index (κ2) is 12.2. The summed E-state index contributed by atoms with van der Waals surface area (Å²) in [5.41, 5.74) is 6.33. The second-order valence-electron chi connectivity index (χ2n) is 10.4. The van der Waals surface area contributed by atoms with Gasteiger partial charge in [-0.05, 0) is 30.5 Å². The fourth-order valence-electron chi connectivity index (χ4n) is 5.56. The highest BCUT2D eigenvalue weighted by Crippen LogP contribution is 2.38. The Morgan fingerprint density at radius 2 is 1.74 bits per heavy atom. The van der Waals surface area contributed by atoms with Crippen molar-refractivity contribution in [2.75, 3.05) is 25.5 Å². The molecule has 1 saturated heterocycles. The summed E-state index contributed by atoms with van der Waals surface area (Å²) >= 11 is 0. The first-order valence-electron chi connectivity index (χ1n) is 14.0. The van der Waals surface area contributed by atoms with Crippen LogP contribution in [0.2, 0.25) is 0 Å². The van der Waals surface area contributed by atoms with Gasteiger partial charge in [0, 0.05) is 56.2 Å². The number of hydrogen-bond acceptors (Lipinski definition) is 8. The van der Waals surface area contributed by atoms with Gasteiger partial charge in [-0.3, -0.25) is 9.88 Å². The van der Waals surface area contributed by atoms with E-state index >= 15 is 0 Å². The fourth-order valence-corrected chi connectivity index (χ4v) is 5.56. The van der Waals surface area contributed by atoms with E-state index in [0.717, 1.165) is 66.4 Å². The zero-order valence-electron chi connectivity index (χ0n) is 23.7. The van der Waals surface area contributed by atoms with Crippen LogP contribution in [-0.2, 0) is 13.6 Å². The maximum absolute atomic E-state index is 9.05. The molecule has 3 aromatic heterocycles. The van der Waals surface area contributed by atoms with Crippen molar-refractivity contribution in [2.45, 2.75) is 25.4 Å². The lowest BCUT2D eigenvalue weighted by molar-refractivity contribution is 0.211. The van der Waals surface area contributed by atoms with Crippen molar-refractivity contribution in [3.8, 4) is 45.7 Å². The molecule has 0 spiro atoms. The average Bonchev–Trinajstić information content (AvgIpc) is 3.39. The molecule has 0 atom stereocenters. The van der Waals surface area contributed by atoms with Crippen molar-refractivity contribution < 1.29 is 4.74 Å². The van der Waals surface area contributed by atoms with E-state index in [-0.39, 0.29) is 5.82 Å². The van der Waals surface area contributed by atoms with Gasteiger partial charge in [-0.2, -0.15) is 5.26 Å². The molecule has 210 valence electrons. The Labute approximate surface area is 245 Å². The number of piperidine rings is 1. The number of rotatable bonds is 8. The number of benzene rings is 2. The molecule has 4 heterocycles. The van der Waals surface area contributed by atoms with Crippen LogP contribution < -0.4 is 10.1 Å². The Kier molecular flexibility index (Phi) is 7.88. The van der Waals surface area contributed by atoms with Crippen LogP contribution in [0, 0.1) is 11.3 Å². The molecule has 0 aliphatic carbocycles. The van der Waals surface area contributed by atoms with Gasteiger partial charge < -0.3 is 14.6 Å².